The summed E-state index contributed by atoms with van der Waals surface area (Å²) in [5, 5.41) is 0. The maximum atomic E-state index is 13.0. The molecule has 0 saturated heterocycles. The van der Waals surface area contributed by atoms with E-state index in [1.54, 1.807) is 0 Å². The minimum Gasteiger partial charge on any atom is -0.484 e. The van der Waals surface area contributed by atoms with Crippen LogP contribution in [0.1, 0.15) is 0 Å². The summed E-state index contributed by atoms with van der Waals surface area (Å²) in [6.45, 7) is -1.59. The molecule has 0 aliphatic rings. The minimum absolute atomic E-state index is 0.0745. The average Bonchev–Trinajstić information content (AvgIpc) is 2.16. The number of rotatable bonds is 4. The van der Waals surface area contributed by atoms with Crippen LogP contribution in [-0.2, 0) is 0 Å². The van der Waals surface area contributed by atoms with Gasteiger partial charge in [0.1, 0.15) is 0 Å². The van der Waals surface area contributed by atoms with Crippen molar-refractivity contribution in [2.75, 3.05) is 12.3 Å². The Morgan fingerprint density at radius 1 is 1.31 bits per heavy atom. The van der Waals surface area contributed by atoms with Crippen molar-refractivity contribution in [3.05, 3.63) is 24.0 Å². The Morgan fingerprint density at radius 2 is 1.94 bits per heavy atom. The fraction of sp³-hybridized carbons (Fsp3) is 0.333. The van der Waals surface area contributed by atoms with Gasteiger partial charge in [-0.2, -0.15) is 8.78 Å². The molecule has 90 valence electrons. The number of benzene rings is 1. The summed E-state index contributed by atoms with van der Waals surface area (Å²) in [6, 6.07) is 3.04. The second-order valence-corrected chi connectivity index (χ2v) is 3.04. The molecule has 0 spiro atoms. The first kappa shape index (κ1) is 12.5. The Labute approximate surface area is 87.8 Å². The van der Waals surface area contributed by atoms with Gasteiger partial charge < -0.3 is 10.5 Å². The Balaban J connectivity index is 2.68. The fourth-order valence-electron chi connectivity index (χ4n) is 0.871. The van der Waals surface area contributed by atoms with Crippen LogP contribution in [0, 0.1) is 5.82 Å². The van der Waals surface area contributed by atoms with Gasteiger partial charge in [0.2, 0.25) is 0 Å². The van der Waals surface area contributed by atoms with Crippen LogP contribution >= 0.6 is 0 Å². The second kappa shape index (κ2) is 4.54. The zero-order valence-electron chi connectivity index (χ0n) is 7.89. The molecule has 2 nitrogen and oxygen atoms in total. The molecular formula is C9H8F5NO. The standard InChI is InChI=1S/C9H8F5NO/c10-6-3-5(15)1-2-7(6)16-4-9(13,14)8(11)12/h1-3,8H,4,15H2. The van der Waals surface area contributed by atoms with Gasteiger partial charge in [-0.25, -0.2) is 13.2 Å². The Morgan fingerprint density at radius 3 is 2.44 bits per heavy atom. The molecule has 0 fully saturated rings. The third-order valence-corrected chi connectivity index (χ3v) is 1.70. The zero-order chi connectivity index (χ0) is 12.3. The summed E-state index contributed by atoms with van der Waals surface area (Å²) in [4.78, 5) is 0. The smallest absolute Gasteiger partial charge is 0.340 e. The van der Waals surface area contributed by atoms with E-state index in [-0.39, 0.29) is 5.69 Å². The lowest BCUT2D eigenvalue weighted by Crippen LogP contribution is -2.33. The van der Waals surface area contributed by atoms with E-state index in [4.69, 9.17) is 5.73 Å². The first-order valence-electron chi connectivity index (χ1n) is 4.17. The van der Waals surface area contributed by atoms with Gasteiger partial charge in [0, 0.05) is 11.8 Å². The SMILES string of the molecule is Nc1ccc(OCC(F)(F)C(F)F)c(F)c1. The lowest BCUT2D eigenvalue weighted by Gasteiger charge is -2.16. The van der Waals surface area contributed by atoms with Crippen molar-refractivity contribution in [1.82, 2.24) is 0 Å². The van der Waals surface area contributed by atoms with E-state index in [0.29, 0.717) is 0 Å². The van der Waals surface area contributed by atoms with Crippen LogP contribution in [0.25, 0.3) is 0 Å². The summed E-state index contributed by atoms with van der Waals surface area (Å²) in [7, 11) is 0. The van der Waals surface area contributed by atoms with Gasteiger partial charge in [0.25, 0.3) is 0 Å². The predicted octanol–water partition coefficient (Wildman–Crippen LogP) is 2.69. The summed E-state index contributed by atoms with van der Waals surface area (Å²) in [6.07, 6.45) is -3.86. The highest BCUT2D eigenvalue weighted by Crippen LogP contribution is 2.26. The maximum absolute atomic E-state index is 13.0. The van der Waals surface area contributed by atoms with Crippen LogP contribution in [0.5, 0.6) is 5.75 Å². The topological polar surface area (TPSA) is 35.2 Å². The van der Waals surface area contributed by atoms with Crippen LogP contribution < -0.4 is 10.5 Å². The summed E-state index contributed by atoms with van der Waals surface area (Å²) >= 11 is 0. The third kappa shape index (κ3) is 2.98. The van der Waals surface area contributed by atoms with Gasteiger partial charge in [-0.15, -0.1) is 0 Å². The van der Waals surface area contributed by atoms with Crippen LogP contribution in [0.3, 0.4) is 0 Å². The van der Waals surface area contributed by atoms with Crippen molar-refractivity contribution in [2.45, 2.75) is 12.3 Å². The molecule has 0 radical (unpaired) electrons. The van der Waals surface area contributed by atoms with E-state index in [1.165, 1.54) is 6.07 Å². The van der Waals surface area contributed by atoms with Crippen LogP contribution in [0.2, 0.25) is 0 Å². The second-order valence-electron chi connectivity index (χ2n) is 3.04. The highest BCUT2D eigenvalue weighted by Gasteiger charge is 2.41. The van der Waals surface area contributed by atoms with Gasteiger partial charge in [-0.3, -0.25) is 0 Å². The zero-order valence-corrected chi connectivity index (χ0v) is 7.89. The van der Waals surface area contributed by atoms with E-state index in [1.807, 2.05) is 0 Å². The van der Waals surface area contributed by atoms with E-state index in [0.717, 1.165) is 12.1 Å². The van der Waals surface area contributed by atoms with Crippen LogP contribution in [-0.4, -0.2) is 19.0 Å². The van der Waals surface area contributed by atoms with E-state index in [2.05, 4.69) is 4.74 Å². The number of ether oxygens (including phenoxy) is 1. The van der Waals surface area contributed by atoms with Gasteiger partial charge in [0.05, 0.1) is 0 Å². The molecular weight excluding hydrogens is 233 g/mol. The molecule has 1 rings (SSSR count). The van der Waals surface area contributed by atoms with Crippen molar-refractivity contribution in [2.24, 2.45) is 0 Å². The van der Waals surface area contributed by atoms with Crippen LogP contribution in [0.15, 0.2) is 18.2 Å². The molecule has 0 aromatic heterocycles. The number of anilines is 1. The molecule has 0 aliphatic heterocycles. The molecule has 2 N–H and O–H groups in total. The lowest BCUT2D eigenvalue weighted by molar-refractivity contribution is -0.148. The van der Waals surface area contributed by atoms with E-state index < -0.39 is 30.5 Å². The highest BCUT2D eigenvalue weighted by atomic mass is 19.3. The van der Waals surface area contributed by atoms with Crippen LogP contribution in [0.4, 0.5) is 27.6 Å². The third-order valence-electron chi connectivity index (χ3n) is 1.70. The number of hydrogen-bond acceptors (Lipinski definition) is 2. The summed E-state index contributed by atoms with van der Waals surface area (Å²) < 4.78 is 65.6. The molecule has 0 amide bonds. The lowest BCUT2D eigenvalue weighted by atomic mass is 10.3. The first-order valence-corrected chi connectivity index (χ1v) is 4.17. The quantitative estimate of drug-likeness (QED) is 0.649. The average molecular weight is 241 g/mol. The van der Waals surface area contributed by atoms with E-state index >= 15 is 0 Å². The van der Waals surface area contributed by atoms with Crippen molar-refractivity contribution < 1.29 is 26.7 Å². The number of nitrogen functional groups attached to an aromatic ring is 1. The first-order chi connectivity index (χ1) is 7.33. The molecule has 0 bridgehead atoms. The normalized spacial score (nSPS) is 11.9. The summed E-state index contributed by atoms with van der Waals surface area (Å²) in [5.41, 5.74) is 5.27. The Kier molecular flexibility index (Phi) is 3.56. The molecule has 0 unspecified atom stereocenters. The molecule has 16 heavy (non-hydrogen) atoms. The van der Waals surface area contributed by atoms with Crippen molar-refractivity contribution in [3.8, 4) is 5.75 Å². The predicted molar refractivity (Wildman–Crippen MR) is 47.3 cm³/mol. The highest BCUT2D eigenvalue weighted by molar-refractivity contribution is 5.42. The fourth-order valence-corrected chi connectivity index (χ4v) is 0.871. The molecule has 1 aromatic rings. The molecule has 1 aromatic carbocycles. The Hall–Kier alpha value is -1.53. The monoisotopic (exact) mass is 241 g/mol. The maximum Gasteiger partial charge on any atom is 0.340 e. The number of hydrogen-bond donors (Lipinski definition) is 1. The number of alkyl halides is 4. The van der Waals surface area contributed by atoms with Crippen molar-refractivity contribution in [3.63, 3.8) is 0 Å². The van der Waals surface area contributed by atoms with E-state index in [9.17, 15) is 22.0 Å². The van der Waals surface area contributed by atoms with Gasteiger partial charge in [0.15, 0.2) is 18.2 Å². The summed E-state index contributed by atoms with van der Waals surface area (Å²) in [5.74, 6) is -5.84. The largest absolute Gasteiger partial charge is 0.484 e. The van der Waals surface area contributed by atoms with Gasteiger partial charge in [-0.05, 0) is 12.1 Å². The van der Waals surface area contributed by atoms with Gasteiger partial charge >= 0.3 is 12.3 Å². The molecule has 7 heteroatoms. The minimum atomic E-state index is -4.31. The molecule has 0 saturated carbocycles. The number of halogens is 5. The van der Waals surface area contributed by atoms with Gasteiger partial charge in [-0.1, -0.05) is 0 Å². The Bertz CT molecular complexity index is 369. The number of nitrogens with two attached hydrogens (primary N) is 1. The molecule has 0 heterocycles. The molecule has 0 atom stereocenters. The van der Waals surface area contributed by atoms with Crippen molar-refractivity contribution >= 4 is 5.69 Å². The molecule has 0 aliphatic carbocycles. The van der Waals surface area contributed by atoms with Crippen molar-refractivity contribution in [1.29, 1.82) is 0 Å².